The monoisotopic (exact) mass is 312 g/mol. The summed E-state index contributed by atoms with van der Waals surface area (Å²) in [5.41, 5.74) is 1.23. The molecule has 3 rings (SSSR count). The Kier molecular flexibility index (Phi) is 5.08. The molecular formula is C18H24N4O. The topological polar surface area (TPSA) is 41.4 Å². The third-order valence-corrected chi connectivity index (χ3v) is 4.40. The van der Waals surface area contributed by atoms with Crippen molar-refractivity contribution in [2.75, 3.05) is 26.7 Å². The van der Waals surface area contributed by atoms with Gasteiger partial charge in [0.25, 0.3) is 0 Å². The molecule has 23 heavy (non-hydrogen) atoms. The zero-order chi connectivity index (χ0) is 16.1. The van der Waals surface area contributed by atoms with Crippen LogP contribution in [0.4, 0.5) is 0 Å². The maximum Gasteiger partial charge on any atom is 0.236 e. The molecule has 2 aromatic rings. The molecule has 1 atom stereocenters. The third kappa shape index (κ3) is 4.20. The molecule has 0 spiro atoms. The van der Waals surface area contributed by atoms with Gasteiger partial charge in [-0.25, -0.2) is 4.98 Å². The van der Waals surface area contributed by atoms with Crippen LogP contribution < -0.4 is 0 Å². The second kappa shape index (κ2) is 7.42. The first-order valence-corrected chi connectivity index (χ1v) is 8.20. The molecule has 1 fully saturated rings. The second-order valence-corrected chi connectivity index (χ2v) is 6.30. The maximum atomic E-state index is 12.6. The Bertz CT molecular complexity index is 611. The first kappa shape index (κ1) is 15.7. The van der Waals surface area contributed by atoms with E-state index >= 15 is 0 Å². The largest absolute Gasteiger partial charge is 0.340 e. The molecule has 0 radical (unpaired) electrons. The van der Waals surface area contributed by atoms with Gasteiger partial charge in [-0.15, -0.1) is 0 Å². The van der Waals surface area contributed by atoms with Gasteiger partial charge in [0.1, 0.15) is 0 Å². The number of benzene rings is 1. The molecule has 0 unspecified atom stereocenters. The lowest BCUT2D eigenvalue weighted by molar-refractivity contribution is -0.133. The van der Waals surface area contributed by atoms with Gasteiger partial charge in [-0.1, -0.05) is 30.3 Å². The highest BCUT2D eigenvalue weighted by atomic mass is 16.2. The number of likely N-dealkylation sites (tertiary alicyclic amines) is 1. The van der Waals surface area contributed by atoms with E-state index in [2.05, 4.69) is 26.6 Å². The van der Waals surface area contributed by atoms with Crippen LogP contribution in [-0.2, 0) is 11.3 Å². The summed E-state index contributed by atoms with van der Waals surface area (Å²) < 4.78 is 2.12. The first-order chi connectivity index (χ1) is 11.2. The molecule has 0 N–H and O–H groups in total. The number of imidazole rings is 1. The average molecular weight is 312 g/mol. The smallest absolute Gasteiger partial charge is 0.236 e. The van der Waals surface area contributed by atoms with E-state index in [-0.39, 0.29) is 5.91 Å². The first-order valence-electron chi connectivity index (χ1n) is 8.20. The number of carbonyl (C=O) groups is 1. The number of nitrogens with zero attached hydrogens (tertiary/aromatic N) is 4. The van der Waals surface area contributed by atoms with Crippen molar-refractivity contribution in [2.45, 2.75) is 25.4 Å². The number of carbonyl (C=O) groups excluding carboxylic acids is 1. The van der Waals surface area contributed by atoms with Crippen LogP contribution in [0.15, 0.2) is 49.1 Å². The number of aromatic nitrogens is 2. The molecule has 1 amide bonds. The minimum Gasteiger partial charge on any atom is -0.340 e. The number of rotatable bonds is 5. The van der Waals surface area contributed by atoms with Gasteiger partial charge in [0.2, 0.25) is 5.91 Å². The molecule has 5 heteroatoms. The molecule has 0 aliphatic carbocycles. The summed E-state index contributed by atoms with van der Waals surface area (Å²) in [5, 5.41) is 0. The van der Waals surface area contributed by atoms with E-state index in [9.17, 15) is 4.79 Å². The number of hydrogen-bond acceptors (Lipinski definition) is 3. The van der Waals surface area contributed by atoms with E-state index in [1.54, 1.807) is 6.20 Å². The van der Waals surface area contributed by atoms with Crippen molar-refractivity contribution in [2.24, 2.45) is 0 Å². The fourth-order valence-electron chi connectivity index (χ4n) is 3.19. The SMILES string of the molecule is CN(CC(=O)N1CCC[C@H](n2ccnc2)C1)Cc1ccccc1. The van der Waals surface area contributed by atoms with Crippen LogP contribution in [0.2, 0.25) is 0 Å². The molecule has 122 valence electrons. The van der Waals surface area contributed by atoms with Crippen molar-refractivity contribution in [3.8, 4) is 0 Å². The minimum absolute atomic E-state index is 0.216. The lowest BCUT2D eigenvalue weighted by Gasteiger charge is -2.34. The summed E-state index contributed by atoms with van der Waals surface area (Å²) in [5.74, 6) is 0.216. The summed E-state index contributed by atoms with van der Waals surface area (Å²) in [6, 6.07) is 10.6. The van der Waals surface area contributed by atoms with Crippen LogP contribution in [0.3, 0.4) is 0 Å². The summed E-state index contributed by atoms with van der Waals surface area (Å²) in [6.45, 7) is 2.91. The third-order valence-electron chi connectivity index (χ3n) is 4.40. The zero-order valence-corrected chi connectivity index (χ0v) is 13.6. The summed E-state index contributed by atoms with van der Waals surface area (Å²) >= 11 is 0. The van der Waals surface area contributed by atoms with Crippen molar-refractivity contribution < 1.29 is 4.79 Å². The van der Waals surface area contributed by atoms with Crippen LogP contribution in [0.25, 0.3) is 0 Å². The van der Waals surface area contributed by atoms with Crippen molar-refractivity contribution in [1.29, 1.82) is 0 Å². The molecule has 1 aromatic carbocycles. The fraction of sp³-hybridized carbons (Fsp3) is 0.444. The lowest BCUT2D eigenvalue weighted by Crippen LogP contribution is -2.44. The molecule has 1 saturated heterocycles. The minimum atomic E-state index is 0.216. The molecule has 0 saturated carbocycles. The Morgan fingerprint density at radius 1 is 1.35 bits per heavy atom. The molecule has 5 nitrogen and oxygen atoms in total. The predicted molar refractivity (Wildman–Crippen MR) is 89.9 cm³/mol. The lowest BCUT2D eigenvalue weighted by atomic mass is 10.1. The Hall–Kier alpha value is -2.14. The van der Waals surface area contributed by atoms with Crippen LogP contribution >= 0.6 is 0 Å². The van der Waals surface area contributed by atoms with Crippen LogP contribution in [-0.4, -0.2) is 51.9 Å². The van der Waals surface area contributed by atoms with Crippen LogP contribution in [0, 0.1) is 0 Å². The standard InChI is InChI=1S/C18H24N4O/c1-20(12-16-6-3-2-4-7-16)14-18(23)21-10-5-8-17(13-21)22-11-9-19-15-22/h2-4,6-7,9,11,15,17H,5,8,10,12-14H2,1H3/t17-/m0/s1. The van der Waals surface area contributed by atoms with Gasteiger partial charge in [0, 0.05) is 32.0 Å². The summed E-state index contributed by atoms with van der Waals surface area (Å²) in [6.07, 6.45) is 7.80. The molecule has 1 aliphatic rings. The van der Waals surface area contributed by atoms with E-state index in [1.165, 1.54) is 5.56 Å². The Morgan fingerprint density at radius 2 is 2.17 bits per heavy atom. The summed E-state index contributed by atoms with van der Waals surface area (Å²) in [4.78, 5) is 20.8. The Labute approximate surface area is 137 Å². The van der Waals surface area contributed by atoms with Crippen molar-refractivity contribution in [1.82, 2.24) is 19.4 Å². The quantitative estimate of drug-likeness (QED) is 0.850. The van der Waals surface area contributed by atoms with E-state index < -0.39 is 0 Å². The molecule has 1 aliphatic heterocycles. The Morgan fingerprint density at radius 3 is 2.91 bits per heavy atom. The molecular weight excluding hydrogens is 288 g/mol. The van der Waals surface area contributed by atoms with Crippen molar-refractivity contribution >= 4 is 5.91 Å². The summed E-state index contributed by atoms with van der Waals surface area (Å²) in [7, 11) is 2.00. The van der Waals surface area contributed by atoms with E-state index in [0.717, 1.165) is 32.5 Å². The highest BCUT2D eigenvalue weighted by Gasteiger charge is 2.24. The highest BCUT2D eigenvalue weighted by molar-refractivity contribution is 5.78. The number of likely N-dealkylation sites (N-methyl/N-ethyl adjacent to an activating group) is 1. The van der Waals surface area contributed by atoms with Gasteiger partial charge in [0.15, 0.2) is 0 Å². The van der Waals surface area contributed by atoms with Gasteiger partial charge >= 0.3 is 0 Å². The van der Waals surface area contributed by atoms with Gasteiger partial charge in [-0.05, 0) is 25.5 Å². The van der Waals surface area contributed by atoms with E-state index in [0.29, 0.717) is 12.6 Å². The highest BCUT2D eigenvalue weighted by Crippen LogP contribution is 2.21. The number of piperidine rings is 1. The van der Waals surface area contributed by atoms with Gasteiger partial charge < -0.3 is 9.47 Å². The Balaban J connectivity index is 1.53. The predicted octanol–water partition coefficient (Wildman–Crippen LogP) is 2.18. The van der Waals surface area contributed by atoms with Crippen LogP contribution in [0.1, 0.15) is 24.4 Å². The van der Waals surface area contributed by atoms with Gasteiger partial charge in [0.05, 0.1) is 18.9 Å². The molecule has 2 heterocycles. The zero-order valence-electron chi connectivity index (χ0n) is 13.6. The van der Waals surface area contributed by atoms with E-state index in [1.807, 2.05) is 42.7 Å². The molecule has 0 bridgehead atoms. The van der Waals surface area contributed by atoms with E-state index in [4.69, 9.17) is 0 Å². The average Bonchev–Trinajstić information content (AvgIpc) is 3.10. The van der Waals surface area contributed by atoms with Crippen LogP contribution in [0.5, 0.6) is 0 Å². The number of amides is 1. The maximum absolute atomic E-state index is 12.6. The van der Waals surface area contributed by atoms with Gasteiger partial charge in [-0.2, -0.15) is 0 Å². The normalized spacial score (nSPS) is 18.3. The second-order valence-electron chi connectivity index (χ2n) is 6.30. The van der Waals surface area contributed by atoms with Crippen molar-refractivity contribution in [3.05, 3.63) is 54.6 Å². The fourth-order valence-corrected chi connectivity index (χ4v) is 3.19. The molecule has 1 aromatic heterocycles. The van der Waals surface area contributed by atoms with Gasteiger partial charge in [-0.3, -0.25) is 9.69 Å². The number of hydrogen-bond donors (Lipinski definition) is 0. The van der Waals surface area contributed by atoms with Crippen molar-refractivity contribution in [3.63, 3.8) is 0 Å².